The molecule has 0 aliphatic carbocycles. The Bertz CT molecular complexity index is 3010. The SMILES string of the molecule is Cc1cc(OCc2ccccc2)ccc1-c1ncn(C)c1-c1cc2c(N)ncnc2s1.Cn1cnc(-c2ccc3[nH]ccc3c2)c1-c1cc2c(N)ncnc2s1. The second kappa shape index (κ2) is 14.4. The number of nitrogen functional groups attached to an aromatic ring is 2. The molecule has 14 heteroatoms. The molecule has 0 radical (unpaired) electrons. The topological polar surface area (TPSA) is 164 Å². The minimum atomic E-state index is 0.493. The van der Waals surface area contributed by atoms with Crippen LogP contribution in [0.1, 0.15) is 11.1 Å². The van der Waals surface area contributed by atoms with Crippen molar-refractivity contribution in [3.05, 3.63) is 128 Å². The number of nitrogens with zero attached hydrogens (tertiary/aromatic N) is 8. The van der Waals surface area contributed by atoms with Crippen LogP contribution in [-0.4, -0.2) is 44.0 Å². The minimum Gasteiger partial charge on any atom is -0.489 e. The highest BCUT2D eigenvalue weighted by Crippen LogP contribution is 2.41. The van der Waals surface area contributed by atoms with Crippen molar-refractivity contribution in [3.63, 3.8) is 0 Å². The number of ether oxygens (including phenoxy) is 1. The molecule has 5 N–H and O–H groups in total. The van der Waals surface area contributed by atoms with Gasteiger partial charge in [-0.3, -0.25) is 0 Å². The van der Waals surface area contributed by atoms with Crippen molar-refractivity contribution in [2.45, 2.75) is 13.5 Å². The van der Waals surface area contributed by atoms with Gasteiger partial charge in [0.25, 0.3) is 0 Å². The van der Waals surface area contributed by atoms with E-state index in [1.54, 1.807) is 22.7 Å². The van der Waals surface area contributed by atoms with Crippen molar-refractivity contribution in [2.24, 2.45) is 14.1 Å². The number of hydrogen-bond acceptors (Lipinski definition) is 11. The molecule has 0 amide bonds. The molecule has 0 bridgehead atoms. The number of nitrogens with one attached hydrogen (secondary N) is 1. The van der Waals surface area contributed by atoms with Crippen LogP contribution in [0.15, 0.2) is 116 Å². The molecule has 10 rings (SSSR count). The normalized spacial score (nSPS) is 11.3. The van der Waals surface area contributed by atoms with Crippen molar-refractivity contribution in [3.8, 4) is 49.4 Å². The summed E-state index contributed by atoms with van der Waals surface area (Å²) in [5.74, 6) is 1.84. The highest BCUT2D eigenvalue weighted by atomic mass is 32.1. The smallest absolute Gasteiger partial charge is 0.135 e. The number of anilines is 2. The molecular weight excluding hydrogens is 739 g/mol. The van der Waals surface area contributed by atoms with E-state index in [4.69, 9.17) is 21.2 Å². The molecule has 7 aromatic heterocycles. The molecule has 12 nitrogen and oxygen atoms in total. The number of thiophene rings is 2. The molecule has 3 aromatic carbocycles. The van der Waals surface area contributed by atoms with Gasteiger partial charge in [-0.05, 0) is 66.6 Å². The van der Waals surface area contributed by atoms with Gasteiger partial charge >= 0.3 is 0 Å². The number of benzene rings is 3. The fourth-order valence-electron chi connectivity index (χ4n) is 6.76. The minimum absolute atomic E-state index is 0.493. The van der Waals surface area contributed by atoms with Gasteiger partial charge < -0.3 is 30.3 Å². The van der Waals surface area contributed by atoms with Crippen LogP contribution in [0.5, 0.6) is 5.75 Å². The molecule has 0 spiro atoms. The van der Waals surface area contributed by atoms with Crippen LogP contribution >= 0.6 is 22.7 Å². The number of aromatic nitrogens is 9. The molecule has 0 saturated carbocycles. The summed E-state index contributed by atoms with van der Waals surface area (Å²) in [6.45, 7) is 2.62. The summed E-state index contributed by atoms with van der Waals surface area (Å²) < 4.78 is 10.0. The standard InChI is InChI=1S/C24H21N5OS.C18H14N6S/c1-15-10-17(30-12-16-6-4-3-5-7-16)8-9-18(15)21-22(29(2)14-28-21)20-11-19-23(25)26-13-27-24(19)31-20;1-24-9-23-15(11-2-3-13-10(6-11)4-5-20-13)16(24)14-7-12-17(19)21-8-22-18(12)25-14/h3-11,13-14H,12H2,1-2H3,(H2,25,26,27);2-9,20H,1H3,(H2,19,21,22). The van der Waals surface area contributed by atoms with Crippen LogP contribution < -0.4 is 16.2 Å². The number of rotatable bonds is 7. The van der Waals surface area contributed by atoms with E-state index in [0.717, 1.165) is 86.5 Å². The zero-order valence-corrected chi connectivity index (χ0v) is 32.3. The molecule has 0 saturated heterocycles. The van der Waals surface area contributed by atoms with Crippen LogP contribution in [0.2, 0.25) is 0 Å². The van der Waals surface area contributed by atoms with Crippen molar-refractivity contribution in [2.75, 3.05) is 11.5 Å². The van der Waals surface area contributed by atoms with E-state index >= 15 is 0 Å². The van der Waals surface area contributed by atoms with Gasteiger partial charge in [0.15, 0.2) is 0 Å². The van der Waals surface area contributed by atoms with Crippen LogP contribution in [-0.2, 0) is 20.7 Å². The predicted octanol–water partition coefficient (Wildman–Crippen LogP) is 9.05. The molecule has 0 aliphatic rings. The van der Waals surface area contributed by atoms with Gasteiger partial charge in [0, 0.05) is 42.3 Å². The van der Waals surface area contributed by atoms with Gasteiger partial charge in [0.2, 0.25) is 0 Å². The maximum Gasteiger partial charge on any atom is 0.135 e. The number of aryl methyl sites for hydroxylation is 3. The van der Waals surface area contributed by atoms with E-state index in [2.05, 4.69) is 85.4 Å². The summed E-state index contributed by atoms with van der Waals surface area (Å²) in [5, 5.41) is 2.92. The zero-order chi connectivity index (χ0) is 38.3. The first kappa shape index (κ1) is 34.8. The van der Waals surface area contributed by atoms with Crippen molar-refractivity contribution in [1.29, 1.82) is 0 Å². The summed E-state index contributed by atoms with van der Waals surface area (Å²) in [4.78, 5) is 33.3. The summed E-state index contributed by atoms with van der Waals surface area (Å²) in [5.41, 5.74) is 21.5. The molecule has 0 unspecified atom stereocenters. The largest absolute Gasteiger partial charge is 0.489 e. The van der Waals surface area contributed by atoms with Gasteiger partial charge in [0.1, 0.15) is 46.3 Å². The molecule has 0 aliphatic heterocycles. The second-order valence-corrected chi connectivity index (χ2v) is 15.4. The average Bonchev–Trinajstić information content (AvgIpc) is 4.05. The lowest BCUT2D eigenvalue weighted by molar-refractivity contribution is 0.306. The lowest BCUT2D eigenvalue weighted by Gasteiger charge is -2.11. The summed E-state index contributed by atoms with van der Waals surface area (Å²) >= 11 is 3.19. The number of fused-ring (bicyclic) bond motifs is 3. The Kier molecular flexibility index (Phi) is 8.96. The lowest BCUT2D eigenvalue weighted by Crippen LogP contribution is -1.96. The molecule has 10 aromatic rings. The maximum atomic E-state index is 6.04. The highest BCUT2D eigenvalue weighted by Gasteiger charge is 2.20. The van der Waals surface area contributed by atoms with Crippen LogP contribution in [0, 0.1) is 6.92 Å². The van der Waals surface area contributed by atoms with Gasteiger partial charge in [-0.2, -0.15) is 0 Å². The molecule has 56 heavy (non-hydrogen) atoms. The monoisotopic (exact) mass is 773 g/mol. The fraction of sp³-hybridized carbons (Fsp3) is 0.0952. The summed E-state index contributed by atoms with van der Waals surface area (Å²) in [6, 6.07) is 28.8. The Labute approximate surface area is 329 Å². The van der Waals surface area contributed by atoms with E-state index in [-0.39, 0.29) is 0 Å². The highest BCUT2D eigenvalue weighted by molar-refractivity contribution is 7.22. The van der Waals surface area contributed by atoms with Crippen molar-refractivity contribution >= 4 is 65.6 Å². The third-order valence-corrected chi connectivity index (χ3v) is 11.7. The number of imidazole rings is 2. The average molecular weight is 774 g/mol. The third kappa shape index (κ3) is 6.50. The predicted molar refractivity (Wildman–Crippen MR) is 226 cm³/mol. The molecule has 0 fully saturated rings. The first-order valence-electron chi connectivity index (χ1n) is 17.7. The van der Waals surface area contributed by atoms with Crippen LogP contribution in [0.4, 0.5) is 11.6 Å². The fourth-order valence-corrected chi connectivity index (χ4v) is 8.96. The van der Waals surface area contributed by atoms with E-state index in [0.29, 0.717) is 18.2 Å². The molecule has 276 valence electrons. The zero-order valence-electron chi connectivity index (χ0n) is 30.6. The van der Waals surface area contributed by atoms with E-state index in [1.807, 2.05) is 78.5 Å². The summed E-state index contributed by atoms with van der Waals surface area (Å²) in [6.07, 6.45) is 8.62. The van der Waals surface area contributed by atoms with Crippen LogP contribution in [0.3, 0.4) is 0 Å². The second-order valence-electron chi connectivity index (χ2n) is 13.3. The number of aromatic amines is 1. The van der Waals surface area contributed by atoms with Crippen molar-refractivity contribution in [1.82, 2.24) is 44.0 Å². The molecular formula is C42H35N11OS2. The maximum absolute atomic E-state index is 6.04. The number of H-pyrrole nitrogens is 1. The van der Waals surface area contributed by atoms with Gasteiger partial charge in [0.05, 0.1) is 56.0 Å². The molecule has 0 atom stereocenters. The summed E-state index contributed by atoms with van der Waals surface area (Å²) in [7, 11) is 4.00. The Morgan fingerprint density at radius 1 is 0.679 bits per heavy atom. The van der Waals surface area contributed by atoms with Crippen molar-refractivity contribution < 1.29 is 4.74 Å². The van der Waals surface area contributed by atoms with E-state index in [9.17, 15) is 0 Å². The number of nitrogens with two attached hydrogens (primary N) is 2. The Balaban J connectivity index is 0.000000149. The quantitative estimate of drug-likeness (QED) is 0.143. The number of hydrogen-bond donors (Lipinski definition) is 3. The first-order valence-corrected chi connectivity index (χ1v) is 19.3. The van der Waals surface area contributed by atoms with E-state index < -0.39 is 0 Å². The Morgan fingerprint density at radius 2 is 1.32 bits per heavy atom. The van der Waals surface area contributed by atoms with Gasteiger partial charge in [-0.15, -0.1) is 22.7 Å². The van der Waals surface area contributed by atoms with Gasteiger partial charge in [-0.25, -0.2) is 29.9 Å². The van der Waals surface area contributed by atoms with E-state index in [1.165, 1.54) is 18.0 Å². The first-order chi connectivity index (χ1) is 27.3. The lowest BCUT2D eigenvalue weighted by atomic mass is 10.0. The Morgan fingerprint density at radius 3 is 1.96 bits per heavy atom. The molecule has 7 heterocycles. The van der Waals surface area contributed by atoms with Gasteiger partial charge in [-0.1, -0.05) is 36.4 Å². The van der Waals surface area contributed by atoms with Crippen LogP contribution in [0.25, 0.3) is 75.0 Å². The Hall–Kier alpha value is -6.90. The third-order valence-electron chi connectivity index (χ3n) is 9.59.